The van der Waals surface area contributed by atoms with Crippen molar-refractivity contribution in [3.8, 4) is 5.69 Å². The van der Waals surface area contributed by atoms with Crippen molar-refractivity contribution in [3.63, 3.8) is 0 Å². The minimum absolute atomic E-state index is 0.0860. The van der Waals surface area contributed by atoms with Gasteiger partial charge in [0.15, 0.2) is 0 Å². The number of aromatic nitrogens is 2. The monoisotopic (exact) mass is 275 g/mol. The summed E-state index contributed by atoms with van der Waals surface area (Å²) in [6.45, 7) is 1.96. The number of nitrogens with zero attached hydrogens (tertiary/aromatic N) is 2. The van der Waals surface area contributed by atoms with E-state index in [1.165, 1.54) is 12.1 Å². The molecule has 0 bridgehead atoms. The summed E-state index contributed by atoms with van der Waals surface area (Å²) in [6, 6.07) is 10.3. The zero-order valence-electron chi connectivity index (χ0n) is 10.2. The van der Waals surface area contributed by atoms with Gasteiger partial charge in [0.05, 0.1) is 21.7 Å². The molecule has 0 spiro atoms. The van der Waals surface area contributed by atoms with Crippen molar-refractivity contribution < 1.29 is 4.39 Å². The first kappa shape index (κ1) is 12.0. The van der Waals surface area contributed by atoms with Crippen molar-refractivity contribution in [2.24, 2.45) is 0 Å². The maximum absolute atomic E-state index is 13.6. The summed E-state index contributed by atoms with van der Waals surface area (Å²) in [7, 11) is 0. The summed E-state index contributed by atoms with van der Waals surface area (Å²) in [5.41, 5.74) is 9.23. The van der Waals surface area contributed by atoms with E-state index in [0.717, 1.165) is 16.6 Å². The molecule has 3 aromatic rings. The van der Waals surface area contributed by atoms with Gasteiger partial charge in [-0.15, -0.1) is 0 Å². The summed E-state index contributed by atoms with van der Waals surface area (Å²) in [5.74, 6) is -0.154. The Kier molecular flexibility index (Phi) is 2.68. The van der Waals surface area contributed by atoms with Crippen molar-refractivity contribution in [2.75, 3.05) is 5.73 Å². The summed E-state index contributed by atoms with van der Waals surface area (Å²) in [5, 5.41) is 0.0860. The number of nitrogens with two attached hydrogens (primary N) is 1. The first-order valence-electron chi connectivity index (χ1n) is 5.77. The molecule has 0 saturated heterocycles. The van der Waals surface area contributed by atoms with Gasteiger partial charge in [-0.05, 0) is 36.8 Å². The molecule has 0 aliphatic heterocycles. The first-order valence-corrected chi connectivity index (χ1v) is 6.14. The van der Waals surface area contributed by atoms with Gasteiger partial charge < -0.3 is 5.73 Å². The smallest absolute Gasteiger partial charge is 0.205 e. The molecule has 1 aromatic heterocycles. The third-order valence-electron chi connectivity index (χ3n) is 3.07. The Bertz CT molecular complexity index is 780. The molecule has 2 N–H and O–H groups in total. The highest BCUT2D eigenvalue weighted by molar-refractivity contribution is 6.30. The number of rotatable bonds is 1. The molecule has 0 amide bonds. The molecule has 0 unspecified atom stereocenters. The van der Waals surface area contributed by atoms with E-state index in [4.69, 9.17) is 17.3 Å². The normalized spacial score (nSPS) is 11.1. The fraction of sp³-hybridized carbons (Fsp3) is 0.0714. The summed E-state index contributed by atoms with van der Waals surface area (Å²) < 4.78 is 15.3. The molecular formula is C14H11ClFN3. The predicted molar refractivity (Wildman–Crippen MR) is 75.2 cm³/mol. The number of benzene rings is 2. The number of hydrogen-bond acceptors (Lipinski definition) is 2. The van der Waals surface area contributed by atoms with Gasteiger partial charge in [0.25, 0.3) is 0 Å². The van der Waals surface area contributed by atoms with Gasteiger partial charge in [0, 0.05) is 0 Å². The number of para-hydroxylation sites is 1. The van der Waals surface area contributed by atoms with Gasteiger partial charge in [-0.2, -0.15) is 0 Å². The minimum Gasteiger partial charge on any atom is -0.369 e. The van der Waals surface area contributed by atoms with Crippen LogP contribution >= 0.6 is 11.6 Å². The zero-order chi connectivity index (χ0) is 13.6. The molecule has 0 saturated carbocycles. The lowest BCUT2D eigenvalue weighted by Crippen LogP contribution is -2.01. The third-order valence-corrected chi connectivity index (χ3v) is 3.38. The maximum atomic E-state index is 13.6. The second kappa shape index (κ2) is 4.24. The number of anilines is 1. The minimum atomic E-state index is -0.479. The number of hydrogen-bond donors (Lipinski definition) is 1. The van der Waals surface area contributed by atoms with Crippen LogP contribution in [0.2, 0.25) is 5.02 Å². The molecule has 3 rings (SSSR count). The zero-order valence-corrected chi connectivity index (χ0v) is 10.9. The molecule has 96 valence electrons. The number of nitrogen functional groups attached to an aromatic ring is 1. The van der Waals surface area contributed by atoms with Crippen molar-refractivity contribution in [1.29, 1.82) is 0 Å². The van der Waals surface area contributed by atoms with Crippen molar-refractivity contribution in [2.45, 2.75) is 6.92 Å². The quantitative estimate of drug-likeness (QED) is 0.736. The maximum Gasteiger partial charge on any atom is 0.205 e. The molecule has 0 aliphatic carbocycles. The molecule has 0 fully saturated rings. The van der Waals surface area contributed by atoms with E-state index in [1.54, 1.807) is 10.6 Å². The van der Waals surface area contributed by atoms with E-state index in [1.807, 2.05) is 25.1 Å². The average Bonchev–Trinajstić information content (AvgIpc) is 2.71. The molecule has 0 atom stereocenters. The third kappa shape index (κ3) is 1.85. The van der Waals surface area contributed by atoms with E-state index in [-0.39, 0.29) is 5.02 Å². The van der Waals surface area contributed by atoms with Gasteiger partial charge in [0.2, 0.25) is 5.95 Å². The second-order valence-electron chi connectivity index (χ2n) is 4.35. The SMILES string of the molecule is Cc1cccc2c1nc(N)n2-c1ccc(Cl)c(F)c1. The lowest BCUT2D eigenvalue weighted by Gasteiger charge is -2.07. The molecule has 2 aromatic carbocycles. The first-order chi connectivity index (χ1) is 9.08. The van der Waals surface area contributed by atoms with Crippen LogP contribution in [-0.4, -0.2) is 9.55 Å². The fourth-order valence-corrected chi connectivity index (χ4v) is 2.27. The van der Waals surface area contributed by atoms with Crippen LogP contribution in [0.3, 0.4) is 0 Å². The Morgan fingerprint density at radius 1 is 1.26 bits per heavy atom. The van der Waals surface area contributed by atoms with Crippen LogP contribution in [0.4, 0.5) is 10.3 Å². The lowest BCUT2D eigenvalue weighted by atomic mass is 10.2. The van der Waals surface area contributed by atoms with Crippen LogP contribution in [0.1, 0.15) is 5.56 Å². The highest BCUT2D eigenvalue weighted by Gasteiger charge is 2.12. The fourth-order valence-electron chi connectivity index (χ4n) is 2.15. The number of halogens is 2. The molecular weight excluding hydrogens is 265 g/mol. The van der Waals surface area contributed by atoms with Gasteiger partial charge in [0.1, 0.15) is 5.82 Å². The Balaban J connectivity index is 2.33. The second-order valence-corrected chi connectivity index (χ2v) is 4.75. The van der Waals surface area contributed by atoms with Crippen LogP contribution in [0.15, 0.2) is 36.4 Å². The van der Waals surface area contributed by atoms with Gasteiger partial charge in [-0.1, -0.05) is 23.7 Å². The number of aryl methyl sites for hydroxylation is 1. The number of fused-ring (bicyclic) bond motifs is 1. The predicted octanol–water partition coefficient (Wildman–Crippen LogP) is 3.71. The molecule has 0 aliphatic rings. The van der Waals surface area contributed by atoms with Crippen LogP contribution in [0.25, 0.3) is 16.7 Å². The van der Waals surface area contributed by atoms with Crippen LogP contribution in [-0.2, 0) is 0 Å². The topological polar surface area (TPSA) is 43.8 Å². The summed E-state index contributed by atoms with van der Waals surface area (Å²) in [6.07, 6.45) is 0. The largest absolute Gasteiger partial charge is 0.369 e. The van der Waals surface area contributed by atoms with Crippen molar-refractivity contribution in [3.05, 3.63) is 52.8 Å². The lowest BCUT2D eigenvalue weighted by molar-refractivity contribution is 0.627. The van der Waals surface area contributed by atoms with Crippen LogP contribution in [0, 0.1) is 12.7 Å². The Morgan fingerprint density at radius 3 is 2.79 bits per heavy atom. The molecule has 3 nitrogen and oxygen atoms in total. The van der Waals surface area contributed by atoms with Crippen molar-refractivity contribution in [1.82, 2.24) is 9.55 Å². The highest BCUT2D eigenvalue weighted by Crippen LogP contribution is 2.26. The molecule has 5 heteroatoms. The Morgan fingerprint density at radius 2 is 2.05 bits per heavy atom. The summed E-state index contributed by atoms with van der Waals surface area (Å²) >= 11 is 5.69. The van der Waals surface area contributed by atoms with E-state index in [0.29, 0.717) is 11.6 Å². The Labute approximate surface area is 114 Å². The van der Waals surface area contributed by atoms with Gasteiger partial charge in [-0.25, -0.2) is 9.37 Å². The molecule has 0 radical (unpaired) electrons. The van der Waals surface area contributed by atoms with E-state index < -0.39 is 5.82 Å². The van der Waals surface area contributed by atoms with Gasteiger partial charge in [-0.3, -0.25) is 4.57 Å². The molecule has 19 heavy (non-hydrogen) atoms. The Hall–Kier alpha value is -2.07. The molecule has 1 heterocycles. The highest BCUT2D eigenvalue weighted by atomic mass is 35.5. The van der Waals surface area contributed by atoms with E-state index in [2.05, 4.69) is 4.98 Å². The number of imidazole rings is 1. The standard InChI is InChI=1S/C14H11ClFN3/c1-8-3-2-4-12-13(8)18-14(17)19(12)9-5-6-10(15)11(16)7-9/h2-7H,1H3,(H2,17,18). The van der Waals surface area contributed by atoms with Crippen LogP contribution < -0.4 is 5.73 Å². The van der Waals surface area contributed by atoms with Crippen LogP contribution in [0.5, 0.6) is 0 Å². The van der Waals surface area contributed by atoms with Crippen molar-refractivity contribution >= 4 is 28.6 Å². The average molecular weight is 276 g/mol. The van der Waals surface area contributed by atoms with Gasteiger partial charge >= 0.3 is 0 Å². The van der Waals surface area contributed by atoms with E-state index in [9.17, 15) is 4.39 Å². The summed E-state index contributed by atoms with van der Waals surface area (Å²) in [4.78, 5) is 4.33. The van der Waals surface area contributed by atoms with E-state index >= 15 is 0 Å².